The van der Waals surface area contributed by atoms with Crippen molar-refractivity contribution in [1.29, 1.82) is 0 Å². The smallest absolute Gasteiger partial charge is 0.279 e. The van der Waals surface area contributed by atoms with E-state index in [1.165, 1.54) is 17.2 Å². The minimum atomic E-state index is -2.52. The molecule has 0 amide bonds. The van der Waals surface area contributed by atoms with E-state index in [2.05, 4.69) is 6.58 Å². The van der Waals surface area contributed by atoms with E-state index < -0.39 is 6.57 Å². The third-order valence-corrected chi connectivity index (χ3v) is 5.14. The van der Waals surface area contributed by atoms with Crippen LogP contribution >= 0.6 is 18.0 Å². The molecule has 0 radical (unpaired) electrons. The molecule has 60 valence electrons. The number of rotatable bonds is 5. The van der Waals surface area contributed by atoms with Gasteiger partial charge in [0.05, 0.1) is 6.61 Å². The van der Waals surface area contributed by atoms with E-state index in [9.17, 15) is 4.57 Å². The first-order chi connectivity index (χ1) is 4.68. The summed E-state index contributed by atoms with van der Waals surface area (Å²) in [6.45, 7) is 5.19. The summed E-state index contributed by atoms with van der Waals surface area (Å²) in [5.74, 6) is 2.20. The summed E-state index contributed by atoms with van der Waals surface area (Å²) in [7, 11) is 0. The second kappa shape index (κ2) is 5.00. The summed E-state index contributed by atoms with van der Waals surface area (Å²) < 4.78 is 16.4. The van der Waals surface area contributed by atoms with Gasteiger partial charge < -0.3 is 4.52 Å². The fourth-order valence-corrected chi connectivity index (χ4v) is 3.44. The number of hydrogen-bond acceptors (Lipinski definition) is 3. The Morgan fingerprint density at radius 2 is 2.30 bits per heavy atom. The zero-order valence-electron chi connectivity index (χ0n) is 6.37. The Labute approximate surface area is 66.2 Å². The minimum Gasteiger partial charge on any atom is -0.319 e. The molecule has 0 fully saturated rings. The standard InChI is InChI=1S/C6H13O2PS/c1-4-8-9(7,5-2)10-6-3/h5H,2,4,6H2,1,3H3. The minimum absolute atomic E-state index is 0.482. The molecule has 0 bridgehead atoms. The highest BCUT2D eigenvalue weighted by Gasteiger charge is 2.16. The van der Waals surface area contributed by atoms with Gasteiger partial charge in [-0.1, -0.05) is 24.9 Å². The highest BCUT2D eigenvalue weighted by atomic mass is 32.7. The van der Waals surface area contributed by atoms with Crippen molar-refractivity contribution in [1.82, 2.24) is 0 Å². The largest absolute Gasteiger partial charge is 0.319 e. The highest BCUT2D eigenvalue weighted by molar-refractivity contribution is 8.57. The average Bonchev–Trinajstić information content (AvgIpc) is 1.89. The molecule has 0 aromatic rings. The first-order valence-corrected chi connectivity index (χ1v) is 6.49. The van der Waals surface area contributed by atoms with Crippen LogP contribution in [0.5, 0.6) is 0 Å². The summed E-state index contributed by atoms with van der Waals surface area (Å²) >= 11 is 1.32. The van der Waals surface area contributed by atoms with Gasteiger partial charge >= 0.3 is 0 Å². The Balaban J connectivity index is 3.95. The Morgan fingerprint density at radius 3 is 2.60 bits per heavy atom. The predicted octanol–water partition coefficient (Wildman–Crippen LogP) is 3.11. The van der Waals surface area contributed by atoms with Crippen molar-refractivity contribution in [2.45, 2.75) is 13.8 Å². The monoisotopic (exact) mass is 180 g/mol. The summed E-state index contributed by atoms with van der Waals surface area (Å²) in [4.78, 5) is 0. The van der Waals surface area contributed by atoms with Crippen molar-refractivity contribution in [3.05, 3.63) is 12.4 Å². The molecule has 0 aromatic carbocycles. The van der Waals surface area contributed by atoms with E-state index in [0.29, 0.717) is 6.61 Å². The van der Waals surface area contributed by atoms with Crippen LogP contribution in [0, 0.1) is 0 Å². The van der Waals surface area contributed by atoms with E-state index in [4.69, 9.17) is 4.52 Å². The average molecular weight is 180 g/mol. The predicted molar refractivity (Wildman–Crippen MR) is 47.6 cm³/mol. The number of hydrogen-bond donors (Lipinski definition) is 0. The van der Waals surface area contributed by atoms with Crippen molar-refractivity contribution in [2.24, 2.45) is 0 Å². The maximum atomic E-state index is 11.4. The molecular formula is C6H13O2PS. The lowest BCUT2D eigenvalue weighted by molar-refractivity contribution is 0.352. The lowest BCUT2D eigenvalue weighted by Crippen LogP contribution is -1.82. The van der Waals surface area contributed by atoms with Gasteiger partial charge in [0.1, 0.15) is 0 Å². The van der Waals surface area contributed by atoms with Crippen molar-refractivity contribution < 1.29 is 9.09 Å². The summed E-state index contributed by atoms with van der Waals surface area (Å²) in [5.41, 5.74) is 0. The van der Waals surface area contributed by atoms with Crippen LogP contribution in [0.25, 0.3) is 0 Å². The van der Waals surface area contributed by atoms with Gasteiger partial charge in [-0.3, -0.25) is 4.57 Å². The van der Waals surface area contributed by atoms with E-state index in [1.54, 1.807) is 0 Å². The Morgan fingerprint density at radius 1 is 1.70 bits per heavy atom. The van der Waals surface area contributed by atoms with Gasteiger partial charge in [0.15, 0.2) is 0 Å². The van der Waals surface area contributed by atoms with Gasteiger partial charge in [0.25, 0.3) is 6.57 Å². The molecule has 0 spiro atoms. The van der Waals surface area contributed by atoms with Crippen molar-refractivity contribution >= 4 is 18.0 Å². The van der Waals surface area contributed by atoms with E-state index in [-0.39, 0.29) is 0 Å². The molecule has 0 saturated heterocycles. The molecule has 0 aliphatic carbocycles. The van der Waals surface area contributed by atoms with Crippen LogP contribution in [0.3, 0.4) is 0 Å². The molecule has 2 nitrogen and oxygen atoms in total. The van der Waals surface area contributed by atoms with Crippen LogP contribution in [0.15, 0.2) is 12.4 Å². The third kappa shape index (κ3) is 3.45. The molecule has 0 aromatic heterocycles. The Hall–Kier alpha value is 0.280. The quantitative estimate of drug-likeness (QED) is 0.608. The molecule has 0 N–H and O–H groups in total. The van der Waals surface area contributed by atoms with Crippen molar-refractivity contribution in [3.8, 4) is 0 Å². The lowest BCUT2D eigenvalue weighted by Gasteiger charge is -2.10. The van der Waals surface area contributed by atoms with Gasteiger partial charge in [-0.25, -0.2) is 0 Å². The SMILES string of the molecule is C=CP(=O)(OCC)SCC. The molecule has 1 unspecified atom stereocenters. The van der Waals surface area contributed by atoms with Crippen LogP contribution in [0.2, 0.25) is 0 Å². The summed E-state index contributed by atoms with van der Waals surface area (Å²) in [6.07, 6.45) is 0. The zero-order chi connectivity index (χ0) is 8.04. The fourth-order valence-electron chi connectivity index (χ4n) is 0.503. The van der Waals surface area contributed by atoms with Gasteiger partial charge in [-0.15, -0.1) is 0 Å². The molecule has 4 heteroatoms. The highest BCUT2D eigenvalue weighted by Crippen LogP contribution is 2.60. The van der Waals surface area contributed by atoms with Crippen LogP contribution in [0.1, 0.15) is 13.8 Å². The first-order valence-electron chi connectivity index (χ1n) is 3.21. The Kier molecular flexibility index (Phi) is 5.14. The van der Waals surface area contributed by atoms with Crippen molar-refractivity contribution in [2.75, 3.05) is 12.4 Å². The van der Waals surface area contributed by atoms with Gasteiger partial charge in [-0.05, 0) is 12.7 Å². The zero-order valence-corrected chi connectivity index (χ0v) is 8.08. The molecule has 10 heavy (non-hydrogen) atoms. The van der Waals surface area contributed by atoms with Gasteiger partial charge in [0, 0.05) is 5.82 Å². The van der Waals surface area contributed by atoms with E-state index >= 15 is 0 Å². The van der Waals surface area contributed by atoms with Crippen molar-refractivity contribution in [3.63, 3.8) is 0 Å². The van der Waals surface area contributed by atoms with Gasteiger partial charge in [-0.2, -0.15) is 0 Å². The van der Waals surface area contributed by atoms with Crippen LogP contribution in [-0.2, 0) is 9.09 Å². The molecule has 0 heterocycles. The van der Waals surface area contributed by atoms with E-state index in [1.807, 2.05) is 13.8 Å². The molecule has 1 atom stereocenters. The molecule has 0 saturated carbocycles. The fraction of sp³-hybridized carbons (Fsp3) is 0.667. The molecule has 0 aliphatic heterocycles. The van der Waals surface area contributed by atoms with Crippen LogP contribution in [0.4, 0.5) is 0 Å². The second-order valence-corrected chi connectivity index (χ2v) is 6.40. The van der Waals surface area contributed by atoms with E-state index in [0.717, 1.165) is 5.75 Å². The topological polar surface area (TPSA) is 26.3 Å². The summed E-state index contributed by atoms with van der Waals surface area (Å²) in [6, 6.07) is 0. The van der Waals surface area contributed by atoms with Crippen LogP contribution < -0.4 is 0 Å². The normalized spacial score (nSPS) is 16.2. The molecular weight excluding hydrogens is 167 g/mol. The molecule has 0 rings (SSSR count). The maximum absolute atomic E-state index is 11.4. The third-order valence-electron chi connectivity index (χ3n) is 0.842. The second-order valence-electron chi connectivity index (χ2n) is 1.56. The lowest BCUT2D eigenvalue weighted by atomic mass is 10.9. The van der Waals surface area contributed by atoms with Gasteiger partial charge in [0.2, 0.25) is 0 Å². The first kappa shape index (κ1) is 10.3. The van der Waals surface area contributed by atoms with Crippen LogP contribution in [-0.4, -0.2) is 12.4 Å². The maximum Gasteiger partial charge on any atom is 0.279 e. The summed E-state index contributed by atoms with van der Waals surface area (Å²) in [5, 5.41) is 0. The Bertz CT molecular complexity index is 137. The molecule has 0 aliphatic rings.